The Labute approximate surface area is 182 Å². The highest BCUT2D eigenvalue weighted by atomic mass is 16.6. The minimum Gasteiger partial charge on any atom is -0.444 e. The molecule has 9 heteroatoms. The second-order valence-electron chi connectivity index (χ2n) is 8.75. The first-order valence-corrected chi connectivity index (χ1v) is 10.5. The van der Waals surface area contributed by atoms with Gasteiger partial charge < -0.3 is 28.8 Å². The number of carbonyl (C=O) groups excluding carboxylic acids is 2. The summed E-state index contributed by atoms with van der Waals surface area (Å²) in [7, 11) is 0. The third-order valence-corrected chi connectivity index (χ3v) is 5.23. The summed E-state index contributed by atoms with van der Waals surface area (Å²) in [5.41, 5.74) is 1.32. The van der Waals surface area contributed by atoms with E-state index in [9.17, 15) is 9.59 Å². The van der Waals surface area contributed by atoms with Crippen LogP contribution in [0.5, 0.6) is 0 Å². The first-order valence-electron chi connectivity index (χ1n) is 10.5. The van der Waals surface area contributed by atoms with Crippen LogP contribution in [0, 0.1) is 6.92 Å². The number of morpholine rings is 1. The maximum atomic E-state index is 11.5. The highest BCUT2D eigenvalue weighted by molar-refractivity contribution is 5.68. The van der Waals surface area contributed by atoms with Gasteiger partial charge in [-0.2, -0.15) is 0 Å². The van der Waals surface area contributed by atoms with E-state index in [2.05, 4.69) is 10.3 Å². The summed E-state index contributed by atoms with van der Waals surface area (Å²) >= 11 is 0. The molecule has 0 bridgehead atoms. The number of amides is 2. The maximum absolute atomic E-state index is 11.5. The molecule has 2 fully saturated rings. The number of hydrogen-bond acceptors (Lipinski definition) is 6. The molecule has 170 valence electrons. The molecule has 2 amide bonds. The molecule has 2 saturated heterocycles. The Morgan fingerprint density at radius 2 is 2.00 bits per heavy atom. The standard InChI is InChI=1S/C13H15N3O2.C9H17NO3/c1-10-3-2-5-16-11(10)7-14-12(16)13(15-9-17)4-6-18-8-13;1-9(2,3)13-8(11)10-4-6-12-7-5-10/h2-3,5,7,9H,4,6,8H2,1H3,(H,15,17);4-7H2,1-3H3. The summed E-state index contributed by atoms with van der Waals surface area (Å²) < 4.78 is 17.8. The van der Waals surface area contributed by atoms with Crippen LogP contribution in [0.3, 0.4) is 0 Å². The van der Waals surface area contributed by atoms with Gasteiger partial charge in [0.15, 0.2) is 0 Å². The van der Waals surface area contributed by atoms with Crippen LogP contribution in [0.1, 0.15) is 38.6 Å². The van der Waals surface area contributed by atoms with Gasteiger partial charge in [-0.25, -0.2) is 9.78 Å². The summed E-state index contributed by atoms with van der Waals surface area (Å²) in [6.45, 7) is 11.2. The van der Waals surface area contributed by atoms with Crippen molar-refractivity contribution in [2.45, 2.75) is 45.3 Å². The van der Waals surface area contributed by atoms with Gasteiger partial charge in [-0.15, -0.1) is 0 Å². The van der Waals surface area contributed by atoms with E-state index in [0.717, 1.165) is 29.7 Å². The van der Waals surface area contributed by atoms with Gasteiger partial charge in [0.05, 0.1) is 31.5 Å². The average molecular weight is 433 g/mol. The van der Waals surface area contributed by atoms with E-state index >= 15 is 0 Å². The number of fused-ring (bicyclic) bond motifs is 1. The Morgan fingerprint density at radius 1 is 1.26 bits per heavy atom. The van der Waals surface area contributed by atoms with Gasteiger partial charge in [-0.1, -0.05) is 6.07 Å². The molecular weight excluding hydrogens is 400 g/mol. The normalized spacial score (nSPS) is 21.4. The Kier molecular flexibility index (Phi) is 7.17. The molecule has 2 aromatic rings. The van der Waals surface area contributed by atoms with Crippen LogP contribution in [0.2, 0.25) is 0 Å². The predicted molar refractivity (Wildman–Crippen MR) is 115 cm³/mol. The van der Waals surface area contributed by atoms with Crippen LogP contribution in [0.15, 0.2) is 24.5 Å². The Balaban J connectivity index is 0.000000187. The topological polar surface area (TPSA) is 94.4 Å². The van der Waals surface area contributed by atoms with Crippen molar-refractivity contribution in [2.75, 3.05) is 39.5 Å². The van der Waals surface area contributed by atoms with Crippen molar-refractivity contribution in [2.24, 2.45) is 0 Å². The average Bonchev–Trinajstić information content (AvgIpc) is 3.37. The molecule has 2 aromatic heterocycles. The van der Waals surface area contributed by atoms with E-state index < -0.39 is 11.1 Å². The number of ether oxygens (including phenoxy) is 3. The van der Waals surface area contributed by atoms with Gasteiger partial charge in [-0.05, 0) is 39.3 Å². The number of nitrogens with one attached hydrogen (secondary N) is 1. The number of rotatable bonds is 3. The lowest BCUT2D eigenvalue weighted by molar-refractivity contribution is -0.111. The lowest BCUT2D eigenvalue weighted by atomic mass is 9.98. The molecule has 1 atom stereocenters. The van der Waals surface area contributed by atoms with Crippen molar-refractivity contribution in [3.8, 4) is 0 Å². The summed E-state index contributed by atoms with van der Waals surface area (Å²) in [6.07, 6.45) is 5.05. The van der Waals surface area contributed by atoms with E-state index in [0.29, 0.717) is 39.5 Å². The molecule has 0 aliphatic carbocycles. The van der Waals surface area contributed by atoms with Gasteiger partial charge in [0.2, 0.25) is 6.41 Å². The molecule has 4 rings (SSSR count). The van der Waals surface area contributed by atoms with Crippen molar-refractivity contribution < 1.29 is 23.8 Å². The van der Waals surface area contributed by atoms with Crippen molar-refractivity contribution >= 4 is 18.0 Å². The van der Waals surface area contributed by atoms with Crippen molar-refractivity contribution in [1.29, 1.82) is 0 Å². The molecule has 2 aliphatic heterocycles. The Hall–Kier alpha value is -2.65. The first kappa shape index (κ1) is 23.0. The van der Waals surface area contributed by atoms with Crippen molar-refractivity contribution in [1.82, 2.24) is 19.6 Å². The fraction of sp³-hybridized carbons (Fsp3) is 0.591. The van der Waals surface area contributed by atoms with Crippen LogP contribution < -0.4 is 5.32 Å². The number of hydrogen-bond donors (Lipinski definition) is 1. The SMILES string of the molecule is CC(C)(C)OC(=O)N1CCOCC1.Cc1cccn2c(C3(NC=O)CCOC3)ncc12. The minimum absolute atomic E-state index is 0.240. The number of pyridine rings is 1. The van der Waals surface area contributed by atoms with Gasteiger partial charge in [0.1, 0.15) is 17.0 Å². The number of aromatic nitrogens is 2. The molecule has 0 saturated carbocycles. The van der Waals surface area contributed by atoms with Crippen LogP contribution in [-0.2, 0) is 24.5 Å². The zero-order valence-electron chi connectivity index (χ0n) is 18.7. The summed E-state index contributed by atoms with van der Waals surface area (Å²) in [6, 6.07) is 4.03. The molecule has 31 heavy (non-hydrogen) atoms. The maximum Gasteiger partial charge on any atom is 0.410 e. The van der Waals surface area contributed by atoms with Gasteiger partial charge >= 0.3 is 6.09 Å². The Morgan fingerprint density at radius 3 is 2.61 bits per heavy atom. The molecule has 1 N–H and O–H groups in total. The fourth-order valence-corrected chi connectivity index (χ4v) is 3.62. The van der Waals surface area contributed by atoms with Gasteiger partial charge in [0, 0.05) is 32.3 Å². The van der Waals surface area contributed by atoms with Crippen molar-refractivity contribution in [3.05, 3.63) is 35.9 Å². The van der Waals surface area contributed by atoms with Gasteiger partial charge in [-0.3, -0.25) is 4.79 Å². The van der Waals surface area contributed by atoms with Crippen LogP contribution >= 0.6 is 0 Å². The molecule has 1 unspecified atom stereocenters. The first-order chi connectivity index (χ1) is 14.8. The minimum atomic E-state index is -0.498. The lowest BCUT2D eigenvalue weighted by Gasteiger charge is -2.29. The molecular formula is C22H32N4O5. The molecule has 0 spiro atoms. The lowest BCUT2D eigenvalue weighted by Crippen LogP contribution is -2.43. The largest absolute Gasteiger partial charge is 0.444 e. The highest BCUT2D eigenvalue weighted by Crippen LogP contribution is 2.30. The smallest absolute Gasteiger partial charge is 0.410 e. The summed E-state index contributed by atoms with van der Waals surface area (Å²) in [5, 5.41) is 2.88. The molecule has 9 nitrogen and oxygen atoms in total. The number of imidazole rings is 1. The van der Waals surface area contributed by atoms with Crippen LogP contribution in [0.25, 0.3) is 5.52 Å². The third-order valence-electron chi connectivity index (χ3n) is 5.23. The Bertz CT molecular complexity index is 893. The van der Waals surface area contributed by atoms with Crippen LogP contribution in [-0.4, -0.2) is 71.9 Å². The second-order valence-corrected chi connectivity index (χ2v) is 8.75. The molecule has 0 radical (unpaired) electrons. The molecule has 2 aliphatic rings. The number of nitrogens with zero attached hydrogens (tertiary/aromatic N) is 3. The van der Waals surface area contributed by atoms with E-state index in [1.54, 1.807) is 4.90 Å². The monoisotopic (exact) mass is 432 g/mol. The zero-order chi connectivity index (χ0) is 22.5. The third kappa shape index (κ3) is 5.54. The van der Waals surface area contributed by atoms with Gasteiger partial charge in [0.25, 0.3) is 0 Å². The van der Waals surface area contributed by atoms with Crippen LogP contribution in [0.4, 0.5) is 4.79 Å². The van der Waals surface area contributed by atoms with E-state index in [4.69, 9.17) is 14.2 Å². The summed E-state index contributed by atoms with van der Waals surface area (Å²) in [5.74, 6) is 0.839. The summed E-state index contributed by atoms with van der Waals surface area (Å²) in [4.78, 5) is 28.5. The molecule has 0 aromatic carbocycles. The second kappa shape index (κ2) is 9.65. The fourth-order valence-electron chi connectivity index (χ4n) is 3.62. The predicted octanol–water partition coefficient (Wildman–Crippen LogP) is 2.26. The van der Waals surface area contributed by atoms with E-state index in [1.807, 2.05) is 56.6 Å². The van der Waals surface area contributed by atoms with Crippen molar-refractivity contribution in [3.63, 3.8) is 0 Å². The van der Waals surface area contributed by atoms with E-state index in [-0.39, 0.29) is 6.09 Å². The number of carbonyl (C=O) groups is 2. The zero-order valence-corrected chi connectivity index (χ0v) is 18.7. The number of aryl methyl sites for hydroxylation is 1. The molecule has 4 heterocycles. The highest BCUT2D eigenvalue weighted by Gasteiger charge is 2.40. The van der Waals surface area contributed by atoms with E-state index in [1.165, 1.54) is 0 Å². The quantitative estimate of drug-likeness (QED) is 0.748.